The smallest absolute Gasteiger partial charge is 0.236 e. The number of anilines is 1. The zero-order chi connectivity index (χ0) is 14.4. The van der Waals surface area contributed by atoms with Crippen LogP contribution in [0.5, 0.6) is 0 Å². The third kappa shape index (κ3) is 4.04. The first-order valence-electron chi connectivity index (χ1n) is 6.76. The highest BCUT2D eigenvalue weighted by Gasteiger charge is 2.26. The van der Waals surface area contributed by atoms with Gasteiger partial charge in [0.2, 0.25) is 11.8 Å². The number of hydrogen-bond acceptors (Lipinski definition) is 4. The van der Waals surface area contributed by atoms with E-state index in [9.17, 15) is 9.59 Å². The average molecular weight is 276 g/mol. The third-order valence-electron chi connectivity index (χ3n) is 3.37. The van der Waals surface area contributed by atoms with Crippen molar-refractivity contribution in [3.63, 3.8) is 0 Å². The second kappa shape index (κ2) is 7.02. The number of carbonyl (C=O) groups is 2. The van der Waals surface area contributed by atoms with Crippen LogP contribution in [0.25, 0.3) is 0 Å². The SMILES string of the molecule is NC(=O)C1CNCCN1CCC(=O)Nc1ccccc1. The van der Waals surface area contributed by atoms with Crippen molar-refractivity contribution in [2.24, 2.45) is 5.73 Å². The van der Waals surface area contributed by atoms with Gasteiger partial charge < -0.3 is 16.4 Å². The maximum Gasteiger partial charge on any atom is 0.236 e. The highest BCUT2D eigenvalue weighted by Crippen LogP contribution is 2.07. The molecule has 1 atom stereocenters. The lowest BCUT2D eigenvalue weighted by Gasteiger charge is -2.33. The molecule has 108 valence electrons. The largest absolute Gasteiger partial charge is 0.368 e. The first-order chi connectivity index (χ1) is 9.66. The van der Waals surface area contributed by atoms with Crippen LogP contribution in [-0.2, 0) is 9.59 Å². The van der Waals surface area contributed by atoms with Crippen molar-refractivity contribution < 1.29 is 9.59 Å². The van der Waals surface area contributed by atoms with Crippen LogP contribution in [0, 0.1) is 0 Å². The van der Waals surface area contributed by atoms with Gasteiger partial charge in [-0.1, -0.05) is 18.2 Å². The molecule has 0 bridgehead atoms. The molecule has 0 radical (unpaired) electrons. The minimum Gasteiger partial charge on any atom is -0.368 e. The van der Waals surface area contributed by atoms with E-state index < -0.39 is 0 Å². The molecule has 0 spiro atoms. The lowest BCUT2D eigenvalue weighted by atomic mass is 10.1. The predicted octanol–water partition coefficient (Wildman–Crippen LogP) is -0.226. The first kappa shape index (κ1) is 14.5. The molecule has 0 aromatic heterocycles. The molecule has 6 heteroatoms. The van der Waals surface area contributed by atoms with Gasteiger partial charge in [-0.2, -0.15) is 0 Å². The standard InChI is InChI=1S/C14H20N4O2/c15-14(20)12-10-16-7-9-18(12)8-6-13(19)17-11-4-2-1-3-5-11/h1-5,12,16H,6-10H2,(H2,15,20)(H,17,19). The van der Waals surface area contributed by atoms with Gasteiger partial charge in [-0.25, -0.2) is 0 Å². The maximum absolute atomic E-state index is 11.9. The zero-order valence-electron chi connectivity index (χ0n) is 11.3. The lowest BCUT2D eigenvalue weighted by Crippen LogP contribution is -2.57. The van der Waals surface area contributed by atoms with Crippen LogP contribution in [0.1, 0.15) is 6.42 Å². The van der Waals surface area contributed by atoms with Gasteiger partial charge in [0, 0.05) is 38.3 Å². The number of benzene rings is 1. The van der Waals surface area contributed by atoms with E-state index in [0.717, 1.165) is 18.8 Å². The van der Waals surface area contributed by atoms with E-state index in [0.29, 0.717) is 19.5 Å². The number of nitrogens with zero attached hydrogens (tertiary/aromatic N) is 1. The van der Waals surface area contributed by atoms with Gasteiger partial charge >= 0.3 is 0 Å². The van der Waals surface area contributed by atoms with Crippen molar-refractivity contribution >= 4 is 17.5 Å². The Balaban J connectivity index is 1.81. The summed E-state index contributed by atoms with van der Waals surface area (Å²) in [6.07, 6.45) is 0.346. The Morgan fingerprint density at radius 2 is 2.10 bits per heavy atom. The summed E-state index contributed by atoms with van der Waals surface area (Å²) >= 11 is 0. The van der Waals surface area contributed by atoms with Crippen LogP contribution >= 0.6 is 0 Å². The van der Waals surface area contributed by atoms with E-state index >= 15 is 0 Å². The number of nitrogens with two attached hydrogens (primary N) is 1. The molecule has 2 amide bonds. The van der Waals surface area contributed by atoms with Gasteiger partial charge in [0.05, 0.1) is 0 Å². The Bertz CT molecular complexity index is 464. The number of rotatable bonds is 5. The summed E-state index contributed by atoms with van der Waals surface area (Å²) in [5, 5.41) is 5.96. The minimum absolute atomic E-state index is 0.0575. The Labute approximate surface area is 118 Å². The molecule has 1 aromatic carbocycles. The molecule has 1 saturated heterocycles. The van der Waals surface area contributed by atoms with E-state index in [4.69, 9.17) is 5.73 Å². The topological polar surface area (TPSA) is 87.5 Å². The Kier molecular flexibility index (Phi) is 5.09. The van der Waals surface area contributed by atoms with Crippen molar-refractivity contribution in [2.75, 3.05) is 31.5 Å². The van der Waals surface area contributed by atoms with Gasteiger partial charge in [-0.05, 0) is 12.1 Å². The number of hydrogen-bond donors (Lipinski definition) is 3. The van der Waals surface area contributed by atoms with Crippen molar-refractivity contribution in [2.45, 2.75) is 12.5 Å². The van der Waals surface area contributed by atoms with E-state index in [-0.39, 0.29) is 17.9 Å². The van der Waals surface area contributed by atoms with Gasteiger partial charge in [-0.3, -0.25) is 14.5 Å². The first-order valence-corrected chi connectivity index (χ1v) is 6.76. The zero-order valence-corrected chi connectivity index (χ0v) is 11.3. The van der Waals surface area contributed by atoms with Gasteiger partial charge in [0.25, 0.3) is 0 Å². The fraction of sp³-hybridized carbons (Fsp3) is 0.429. The summed E-state index contributed by atoms with van der Waals surface area (Å²) in [5.74, 6) is -0.404. The highest BCUT2D eigenvalue weighted by atomic mass is 16.2. The van der Waals surface area contributed by atoms with Crippen molar-refractivity contribution in [1.82, 2.24) is 10.2 Å². The minimum atomic E-state index is -0.347. The second-order valence-electron chi connectivity index (χ2n) is 4.82. The predicted molar refractivity (Wildman–Crippen MR) is 77.1 cm³/mol. The van der Waals surface area contributed by atoms with Crippen LogP contribution in [0.2, 0.25) is 0 Å². The fourth-order valence-electron chi connectivity index (χ4n) is 2.28. The number of nitrogens with one attached hydrogen (secondary N) is 2. The van der Waals surface area contributed by atoms with Crippen molar-refractivity contribution in [1.29, 1.82) is 0 Å². The quantitative estimate of drug-likeness (QED) is 0.693. The number of carbonyl (C=O) groups excluding carboxylic acids is 2. The molecule has 6 nitrogen and oxygen atoms in total. The van der Waals surface area contributed by atoms with Crippen LogP contribution in [0.3, 0.4) is 0 Å². The fourth-order valence-corrected chi connectivity index (χ4v) is 2.28. The van der Waals surface area contributed by atoms with Crippen LogP contribution in [0.15, 0.2) is 30.3 Å². The number of amides is 2. The monoisotopic (exact) mass is 276 g/mol. The van der Waals surface area contributed by atoms with Crippen LogP contribution in [0.4, 0.5) is 5.69 Å². The number of piperazine rings is 1. The summed E-state index contributed by atoms with van der Waals surface area (Å²) in [4.78, 5) is 25.2. The molecule has 2 rings (SSSR count). The van der Waals surface area contributed by atoms with E-state index in [1.54, 1.807) is 0 Å². The van der Waals surface area contributed by atoms with E-state index in [1.165, 1.54) is 0 Å². The molecular weight excluding hydrogens is 256 g/mol. The molecule has 1 aliphatic heterocycles. The normalized spacial score (nSPS) is 19.5. The maximum atomic E-state index is 11.9. The van der Waals surface area contributed by atoms with Gasteiger partial charge in [0.1, 0.15) is 6.04 Å². The molecule has 4 N–H and O–H groups in total. The van der Waals surface area contributed by atoms with Crippen LogP contribution in [-0.4, -0.2) is 48.9 Å². The van der Waals surface area contributed by atoms with Crippen molar-refractivity contribution in [3.8, 4) is 0 Å². The molecule has 1 heterocycles. The summed E-state index contributed by atoms with van der Waals surface area (Å²) in [7, 11) is 0. The van der Waals surface area contributed by atoms with Crippen LogP contribution < -0.4 is 16.4 Å². The highest BCUT2D eigenvalue weighted by molar-refractivity contribution is 5.90. The number of para-hydroxylation sites is 1. The molecule has 1 aliphatic rings. The summed E-state index contributed by atoms with van der Waals surface area (Å²) in [5.41, 5.74) is 6.15. The second-order valence-corrected chi connectivity index (χ2v) is 4.82. The molecule has 1 aromatic rings. The molecule has 0 aliphatic carbocycles. The van der Waals surface area contributed by atoms with Crippen molar-refractivity contribution in [3.05, 3.63) is 30.3 Å². The summed E-state index contributed by atoms with van der Waals surface area (Å²) in [6, 6.07) is 9.00. The van der Waals surface area contributed by atoms with Gasteiger partial charge in [-0.15, -0.1) is 0 Å². The summed E-state index contributed by atoms with van der Waals surface area (Å²) in [6.45, 7) is 2.62. The lowest BCUT2D eigenvalue weighted by molar-refractivity contribution is -0.125. The Morgan fingerprint density at radius 3 is 2.80 bits per heavy atom. The Hall–Kier alpha value is -1.92. The van der Waals surface area contributed by atoms with E-state index in [2.05, 4.69) is 10.6 Å². The molecule has 0 saturated carbocycles. The Morgan fingerprint density at radius 1 is 1.35 bits per heavy atom. The van der Waals surface area contributed by atoms with E-state index in [1.807, 2.05) is 35.2 Å². The summed E-state index contributed by atoms with van der Waals surface area (Å²) < 4.78 is 0. The molecule has 1 fully saturated rings. The number of primary amides is 1. The molecule has 1 unspecified atom stereocenters. The molecule has 20 heavy (non-hydrogen) atoms. The third-order valence-corrected chi connectivity index (χ3v) is 3.37. The average Bonchev–Trinajstić information content (AvgIpc) is 2.46. The van der Waals surface area contributed by atoms with Gasteiger partial charge in [0.15, 0.2) is 0 Å². The molecular formula is C14H20N4O2.